The van der Waals surface area contributed by atoms with Crippen molar-refractivity contribution in [2.24, 2.45) is 14.1 Å². The maximum Gasteiger partial charge on any atom is 0.275 e. The standard InChI is InChI=1S/C45H44Cl2N8O2/c1-24-11-9-17-54-44(24)48-43(50-54)30-13-16-36-34(21-30)37(23-51(36)7)53-22-27(4)55-41-33(14-15-35(46)39(41)38-28(5)49-52(8)29(38)6)32(42(55)45(53)56)12-10-18-57-31-19-25(2)40(47)26(3)20-31/h9,11,13-17,19-21,23,27H,10,12,18,22H2,1-8H3/t27-/m1/s1. The van der Waals surface area contributed by atoms with Gasteiger partial charge in [0.1, 0.15) is 11.4 Å². The summed E-state index contributed by atoms with van der Waals surface area (Å²) in [5.74, 6) is 1.37. The van der Waals surface area contributed by atoms with Gasteiger partial charge in [-0.2, -0.15) is 5.10 Å². The van der Waals surface area contributed by atoms with Gasteiger partial charge in [0.25, 0.3) is 5.91 Å². The van der Waals surface area contributed by atoms with Gasteiger partial charge in [0.2, 0.25) is 0 Å². The zero-order valence-electron chi connectivity index (χ0n) is 33.4. The summed E-state index contributed by atoms with van der Waals surface area (Å²) in [6.07, 6.45) is 5.30. The van der Waals surface area contributed by atoms with Crippen LogP contribution in [0.15, 0.2) is 67.0 Å². The third-order valence-corrected chi connectivity index (χ3v) is 12.6. The summed E-state index contributed by atoms with van der Waals surface area (Å²) < 4.78 is 14.3. The first-order valence-corrected chi connectivity index (χ1v) is 20.1. The minimum atomic E-state index is -0.0822. The monoisotopic (exact) mass is 798 g/mol. The molecule has 1 aliphatic heterocycles. The zero-order valence-corrected chi connectivity index (χ0v) is 34.9. The fourth-order valence-corrected chi connectivity index (χ4v) is 9.18. The number of halogens is 2. The highest BCUT2D eigenvalue weighted by Crippen LogP contribution is 2.46. The summed E-state index contributed by atoms with van der Waals surface area (Å²) in [6.45, 7) is 13.2. The van der Waals surface area contributed by atoms with Crippen molar-refractivity contribution in [3.63, 3.8) is 0 Å². The minimum Gasteiger partial charge on any atom is -0.494 e. The number of carbonyl (C=O) groups excluding carboxylic acids is 1. The van der Waals surface area contributed by atoms with E-state index in [2.05, 4.69) is 53.4 Å². The fourth-order valence-electron chi connectivity index (χ4n) is 8.82. The number of carbonyl (C=O) groups is 1. The maximum atomic E-state index is 15.3. The molecular weight excluding hydrogens is 755 g/mol. The molecule has 0 saturated heterocycles. The highest BCUT2D eigenvalue weighted by Gasteiger charge is 2.37. The van der Waals surface area contributed by atoms with Crippen molar-refractivity contribution >= 4 is 62.2 Å². The number of anilines is 1. The van der Waals surface area contributed by atoms with Crippen molar-refractivity contribution in [2.75, 3.05) is 18.1 Å². The van der Waals surface area contributed by atoms with E-state index < -0.39 is 0 Å². The van der Waals surface area contributed by atoms with E-state index in [0.29, 0.717) is 42.5 Å². The van der Waals surface area contributed by atoms with E-state index in [0.717, 1.165) is 94.2 Å². The molecule has 12 heteroatoms. The summed E-state index contributed by atoms with van der Waals surface area (Å²) in [4.78, 5) is 22.2. The lowest BCUT2D eigenvalue weighted by molar-refractivity contribution is 0.0957. The Morgan fingerprint density at radius 1 is 0.895 bits per heavy atom. The van der Waals surface area contributed by atoms with Crippen LogP contribution in [-0.2, 0) is 20.5 Å². The Balaban J connectivity index is 1.17. The number of rotatable bonds is 8. The van der Waals surface area contributed by atoms with Crippen LogP contribution in [0.4, 0.5) is 5.69 Å². The Bertz CT molecular complexity index is 2930. The van der Waals surface area contributed by atoms with Crippen LogP contribution >= 0.6 is 23.2 Å². The van der Waals surface area contributed by atoms with Crippen LogP contribution < -0.4 is 9.64 Å². The van der Waals surface area contributed by atoms with Crippen molar-refractivity contribution in [1.82, 2.24) is 33.5 Å². The van der Waals surface area contributed by atoms with Gasteiger partial charge in [0, 0.05) is 82.8 Å². The number of benzene rings is 3. The molecule has 1 atom stereocenters. The largest absolute Gasteiger partial charge is 0.494 e. The predicted molar refractivity (Wildman–Crippen MR) is 229 cm³/mol. The van der Waals surface area contributed by atoms with Gasteiger partial charge in [-0.05, 0) is 119 Å². The highest BCUT2D eigenvalue weighted by atomic mass is 35.5. The molecule has 290 valence electrons. The van der Waals surface area contributed by atoms with Crippen molar-refractivity contribution in [3.8, 4) is 28.3 Å². The number of aromatic nitrogens is 7. The van der Waals surface area contributed by atoms with Crippen molar-refractivity contribution < 1.29 is 9.53 Å². The van der Waals surface area contributed by atoms with Gasteiger partial charge in [0.05, 0.1) is 28.5 Å². The third kappa shape index (κ3) is 5.91. The molecule has 5 aromatic heterocycles. The Hall–Kier alpha value is -5.58. The molecule has 6 heterocycles. The van der Waals surface area contributed by atoms with Crippen molar-refractivity contribution in [3.05, 3.63) is 116 Å². The second-order valence-corrected chi connectivity index (χ2v) is 16.3. The van der Waals surface area contributed by atoms with Gasteiger partial charge in [0.15, 0.2) is 11.5 Å². The van der Waals surface area contributed by atoms with E-state index in [-0.39, 0.29) is 11.9 Å². The normalized spacial score (nSPS) is 14.5. The number of fused-ring (bicyclic) bond motifs is 5. The molecule has 0 N–H and O–H groups in total. The summed E-state index contributed by atoms with van der Waals surface area (Å²) in [6, 6.07) is 18.2. The molecule has 3 aromatic carbocycles. The first kappa shape index (κ1) is 37.0. The molecule has 0 spiro atoms. The van der Waals surface area contributed by atoms with Crippen LogP contribution in [0.2, 0.25) is 10.0 Å². The van der Waals surface area contributed by atoms with E-state index in [1.807, 2.05) is 92.4 Å². The van der Waals surface area contributed by atoms with Crippen LogP contribution in [0.3, 0.4) is 0 Å². The van der Waals surface area contributed by atoms with Crippen molar-refractivity contribution in [1.29, 1.82) is 0 Å². The number of ether oxygens (including phenoxy) is 1. The van der Waals surface area contributed by atoms with Crippen LogP contribution in [0.1, 0.15) is 63.5 Å². The van der Waals surface area contributed by atoms with Crippen LogP contribution in [0, 0.1) is 34.6 Å². The van der Waals surface area contributed by atoms with Crippen molar-refractivity contribution in [2.45, 2.75) is 60.4 Å². The van der Waals surface area contributed by atoms with Crippen LogP contribution in [-0.4, -0.2) is 52.6 Å². The Labute approximate surface area is 341 Å². The number of nitrogens with zero attached hydrogens (tertiary/aromatic N) is 8. The topological polar surface area (TPSA) is 87.4 Å². The lowest BCUT2D eigenvalue weighted by Gasteiger charge is -2.34. The summed E-state index contributed by atoms with van der Waals surface area (Å²) in [5.41, 5.74) is 13.0. The average Bonchev–Trinajstić information content (AvgIpc) is 3.92. The number of amides is 1. The molecule has 0 bridgehead atoms. The number of aryl methyl sites for hydroxylation is 7. The molecule has 0 radical (unpaired) electrons. The Kier molecular flexibility index (Phi) is 8.97. The lowest BCUT2D eigenvalue weighted by atomic mass is 9.98. The Morgan fingerprint density at radius 3 is 2.39 bits per heavy atom. The zero-order chi connectivity index (χ0) is 40.0. The first-order chi connectivity index (χ1) is 27.3. The van der Waals surface area contributed by atoms with Crippen LogP contribution in [0.5, 0.6) is 5.75 Å². The molecule has 0 aliphatic carbocycles. The van der Waals surface area contributed by atoms with Gasteiger partial charge in [-0.15, -0.1) is 5.10 Å². The second-order valence-electron chi connectivity index (χ2n) is 15.5. The second kappa shape index (κ2) is 13.8. The minimum absolute atomic E-state index is 0.0507. The number of hydrogen-bond acceptors (Lipinski definition) is 5. The van der Waals surface area contributed by atoms with Gasteiger partial charge in [-0.25, -0.2) is 9.50 Å². The molecule has 57 heavy (non-hydrogen) atoms. The fraction of sp³-hybridized carbons (Fsp3) is 0.289. The number of hydrogen-bond donors (Lipinski definition) is 0. The highest BCUT2D eigenvalue weighted by molar-refractivity contribution is 6.35. The molecule has 9 rings (SSSR count). The molecular formula is C45H44Cl2N8O2. The van der Waals surface area contributed by atoms with Gasteiger partial charge < -0.3 is 18.8 Å². The lowest BCUT2D eigenvalue weighted by Crippen LogP contribution is -2.42. The SMILES string of the molecule is Cc1cc(OCCCc2c3n(c4c(-c5c(C)nn(C)c5C)c(Cl)ccc24)[C@H](C)CN(c2cn(C)c4ccc(-c5nc6c(C)cccn6n5)cc24)C3=O)cc(C)c1Cl. The number of pyridine rings is 1. The van der Waals surface area contributed by atoms with Crippen LogP contribution in [0.25, 0.3) is 50.0 Å². The maximum absolute atomic E-state index is 15.3. The van der Waals surface area contributed by atoms with E-state index in [1.54, 1.807) is 0 Å². The molecule has 1 aliphatic rings. The molecule has 1 amide bonds. The third-order valence-electron chi connectivity index (χ3n) is 11.6. The van der Waals surface area contributed by atoms with Gasteiger partial charge in [-0.1, -0.05) is 35.3 Å². The van der Waals surface area contributed by atoms with E-state index in [9.17, 15) is 0 Å². The summed E-state index contributed by atoms with van der Waals surface area (Å²) in [7, 11) is 3.98. The smallest absolute Gasteiger partial charge is 0.275 e. The van der Waals surface area contributed by atoms with Gasteiger partial charge >= 0.3 is 0 Å². The van der Waals surface area contributed by atoms with E-state index in [4.69, 9.17) is 43.1 Å². The average molecular weight is 800 g/mol. The first-order valence-electron chi connectivity index (χ1n) is 19.3. The quantitative estimate of drug-likeness (QED) is 0.143. The molecule has 10 nitrogen and oxygen atoms in total. The Morgan fingerprint density at radius 2 is 1.67 bits per heavy atom. The molecule has 0 saturated carbocycles. The van der Waals surface area contributed by atoms with E-state index in [1.165, 1.54) is 0 Å². The molecule has 0 fully saturated rings. The molecule has 0 unspecified atom stereocenters. The summed E-state index contributed by atoms with van der Waals surface area (Å²) >= 11 is 13.6. The predicted octanol–water partition coefficient (Wildman–Crippen LogP) is 10.3. The van der Waals surface area contributed by atoms with E-state index >= 15 is 4.79 Å². The summed E-state index contributed by atoms with van der Waals surface area (Å²) in [5, 5.41) is 12.9. The molecule has 8 aromatic rings. The van der Waals surface area contributed by atoms with Gasteiger partial charge in [-0.3, -0.25) is 9.48 Å².